The van der Waals surface area contributed by atoms with Crippen molar-refractivity contribution >= 4 is 35.9 Å². The third-order valence-electron chi connectivity index (χ3n) is 4.18. The molecule has 0 saturated heterocycles. The smallest absolute Gasteiger partial charge is 0.242 e. The maximum Gasteiger partial charge on any atom is 0.242 e. The quantitative estimate of drug-likeness (QED) is 0.333. The van der Waals surface area contributed by atoms with Gasteiger partial charge in [0.2, 0.25) is 30.4 Å². The summed E-state index contributed by atoms with van der Waals surface area (Å²) in [7, 11) is -6.00. The molecule has 0 radical (unpaired) electrons. The van der Waals surface area contributed by atoms with Gasteiger partial charge in [-0.15, -0.1) is 0 Å². The average Bonchev–Trinajstić information content (AvgIpc) is 2.60. The van der Waals surface area contributed by atoms with Crippen LogP contribution in [0.3, 0.4) is 0 Å². The summed E-state index contributed by atoms with van der Waals surface area (Å²) in [6, 6.07) is 13.2. The van der Waals surface area contributed by atoms with E-state index in [1.165, 1.54) is 0 Å². The maximum atomic E-state index is 13.8. The maximum absolute atomic E-state index is 13.8. The molecule has 1 aromatic heterocycles. The Morgan fingerprint density at radius 1 is 0.719 bits per heavy atom. The van der Waals surface area contributed by atoms with Gasteiger partial charge in [0.25, 0.3) is 0 Å². The van der Waals surface area contributed by atoms with Crippen LogP contribution in [0.4, 0.5) is 0 Å². The molecule has 0 N–H and O–H groups in total. The van der Waals surface area contributed by atoms with Crippen LogP contribution in [-0.4, -0.2) is 25.0 Å². The van der Waals surface area contributed by atoms with Gasteiger partial charge in [0.05, 0.1) is 0 Å². The van der Waals surface area contributed by atoms with E-state index < -0.39 is 25.0 Å². The molecular weight excluding hydrogens is 453 g/mol. The summed E-state index contributed by atoms with van der Waals surface area (Å²) in [5.41, 5.74) is 1.03. The fourth-order valence-electron chi connectivity index (χ4n) is 3.24. The second-order valence-corrected chi connectivity index (χ2v) is 24.2. The van der Waals surface area contributed by atoms with Crippen LogP contribution in [0.1, 0.15) is 0 Å². The molecule has 0 aliphatic rings. The summed E-state index contributed by atoms with van der Waals surface area (Å²) < 4.78 is 25.3. The van der Waals surface area contributed by atoms with Crippen LogP contribution < -0.4 is 18.7 Å². The van der Waals surface area contributed by atoms with Gasteiger partial charge in [0.15, 0.2) is 11.5 Å². The van der Waals surface area contributed by atoms with Crippen LogP contribution in [0.2, 0.25) is 58.9 Å². The van der Waals surface area contributed by atoms with E-state index in [-0.39, 0.29) is 11.2 Å². The van der Waals surface area contributed by atoms with E-state index in [1.54, 1.807) is 6.07 Å². The first kappa shape index (κ1) is 24.3. The van der Waals surface area contributed by atoms with Gasteiger partial charge in [0.1, 0.15) is 22.5 Å². The number of hydrogen-bond donors (Lipinski definition) is 0. The largest absolute Gasteiger partial charge is 0.544 e. The van der Waals surface area contributed by atoms with Crippen LogP contribution in [0.5, 0.6) is 17.2 Å². The van der Waals surface area contributed by atoms with Gasteiger partial charge in [-0.05, 0) is 58.9 Å². The van der Waals surface area contributed by atoms with Crippen molar-refractivity contribution in [1.82, 2.24) is 0 Å². The van der Waals surface area contributed by atoms with E-state index in [1.807, 2.05) is 36.4 Å². The van der Waals surface area contributed by atoms with Gasteiger partial charge < -0.3 is 17.7 Å². The molecular formula is C24H34O5Si3. The first-order chi connectivity index (χ1) is 14.6. The normalized spacial score (nSPS) is 12.7. The standard InChI is InChI=1S/C24H34O5Si3/c1-30(2,3)27-18-15-19-21(20(16-18)28-31(4,5)6)22(25)24(29-32(7,8)9)23(26-19)17-13-11-10-12-14-17/h10-16H,1-9H3. The summed E-state index contributed by atoms with van der Waals surface area (Å²) in [6.07, 6.45) is 0. The summed E-state index contributed by atoms with van der Waals surface area (Å²) in [6.45, 7) is 18.8. The van der Waals surface area contributed by atoms with Gasteiger partial charge in [-0.3, -0.25) is 4.79 Å². The summed E-state index contributed by atoms with van der Waals surface area (Å²) in [4.78, 5) is 13.8. The van der Waals surface area contributed by atoms with Crippen molar-refractivity contribution < 1.29 is 17.7 Å². The second-order valence-electron chi connectivity index (χ2n) is 10.9. The third kappa shape index (κ3) is 6.14. The number of rotatable bonds is 7. The van der Waals surface area contributed by atoms with Crippen LogP contribution in [0.15, 0.2) is 51.7 Å². The van der Waals surface area contributed by atoms with E-state index in [4.69, 9.17) is 17.7 Å². The van der Waals surface area contributed by atoms with E-state index >= 15 is 0 Å². The number of hydrogen-bond acceptors (Lipinski definition) is 5. The third-order valence-corrected chi connectivity index (χ3v) is 6.67. The van der Waals surface area contributed by atoms with E-state index in [9.17, 15) is 4.79 Å². The lowest BCUT2D eigenvalue weighted by molar-refractivity contribution is 0.506. The summed E-state index contributed by atoms with van der Waals surface area (Å²) >= 11 is 0. The van der Waals surface area contributed by atoms with Gasteiger partial charge >= 0.3 is 0 Å². The lowest BCUT2D eigenvalue weighted by Gasteiger charge is -2.25. The molecule has 5 nitrogen and oxygen atoms in total. The van der Waals surface area contributed by atoms with Crippen LogP contribution in [-0.2, 0) is 0 Å². The first-order valence-electron chi connectivity index (χ1n) is 10.9. The lowest BCUT2D eigenvalue weighted by atomic mass is 10.1. The van der Waals surface area contributed by atoms with Crippen molar-refractivity contribution in [3.05, 3.63) is 52.7 Å². The Bertz CT molecular complexity index is 1170. The van der Waals surface area contributed by atoms with Crippen LogP contribution in [0, 0.1) is 0 Å². The number of fused-ring (bicyclic) bond motifs is 1. The molecule has 0 aliphatic carbocycles. The molecule has 0 spiro atoms. The molecule has 0 aliphatic heterocycles. The minimum absolute atomic E-state index is 0.208. The molecule has 0 bridgehead atoms. The zero-order valence-electron chi connectivity index (χ0n) is 20.6. The highest BCUT2D eigenvalue weighted by Gasteiger charge is 2.28. The molecule has 2 aromatic carbocycles. The first-order valence-corrected chi connectivity index (χ1v) is 21.1. The van der Waals surface area contributed by atoms with Gasteiger partial charge in [-0.2, -0.15) is 0 Å². The topological polar surface area (TPSA) is 57.9 Å². The molecule has 3 rings (SSSR count). The Kier molecular flexibility index (Phi) is 6.52. The van der Waals surface area contributed by atoms with E-state index in [2.05, 4.69) is 58.9 Å². The molecule has 8 heteroatoms. The molecule has 0 saturated carbocycles. The molecule has 32 heavy (non-hydrogen) atoms. The monoisotopic (exact) mass is 486 g/mol. The van der Waals surface area contributed by atoms with Crippen LogP contribution in [0.25, 0.3) is 22.3 Å². The predicted molar refractivity (Wildman–Crippen MR) is 140 cm³/mol. The Morgan fingerprint density at radius 2 is 1.28 bits per heavy atom. The zero-order valence-corrected chi connectivity index (χ0v) is 23.6. The highest BCUT2D eigenvalue weighted by Crippen LogP contribution is 2.38. The minimum Gasteiger partial charge on any atom is -0.544 e. The lowest BCUT2D eigenvalue weighted by Crippen LogP contribution is -2.33. The molecule has 1 heterocycles. The Balaban J connectivity index is 2.39. The second kappa shape index (κ2) is 8.57. The Hall–Kier alpha value is -2.30. The zero-order chi connectivity index (χ0) is 23.9. The Morgan fingerprint density at radius 3 is 1.81 bits per heavy atom. The van der Waals surface area contributed by atoms with Gasteiger partial charge in [-0.1, -0.05) is 30.3 Å². The highest BCUT2D eigenvalue weighted by atomic mass is 28.4. The van der Waals surface area contributed by atoms with Gasteiger partial charge in [0, 0.05) is 17.7 Å². The minimum atomic E-state index is -2.10. The van der Waals surface area contributed by atoms with Crippen molar-refractivity contribution in [1.29, 1.82) is 0 Å². The number of benzene rings is 2. The van der Waals surface area contributed by atoms with Crippen molar-refractivity contribution in [3.63, 3.8) is 0 Å². The van der Waals surface area contributed by atoms with Crippen LogP contribution >= 0.6 is 0 Å². The molecule has 0 fully saturated rings. The van der Waals surface area contributed by atoms with Crippen molar-refractivity contribution in [3.8, 4) is 28.6 Å². The van der Waals surface area contributed by atoms with Crippen molar-refractivity contribution in [2.75, 3.05) is 0 Å². The molecule has 0 amide bonds. The SMILES string of the molecule is C[Si](C)(C)Oc1cc(O[Si](C)(C)C)c2c(=O)c(O[Si](C)(C)C)c(-c3ccccc3)oc2c1. The fraction of sp³-hybridized carbons (Fsp3) is 0.375. The molecule has 0 atom stereocenters. The average molecular weight is 487 g/mol. The fourth-order valence-corrected chi connectivity index (χ4v) is 5.69. The van der Waals surface area contributed by atoms with E-state index in [0.717, 1.165) is 5.56 Å². The molecule has 172 valence electrons. The van der Waals surface area contributed by atoms with E-state index in [0.29, 0.717) is 28.2 Å². The van der Waals surface area contributed by atoms with Crippen molar-refractivity contribution in [2.45, 2.75) is 58.9 Å². The summed E-state index contributed by atoms with van der Waals surface area (Å²) in [5.74, 6) is 1.85. The van der Waals surface area contributed by atoms with Gasteiger partial charge in [-0.25, -0.2) is 0 Å². The Labute approximate surface area is 193 Å². The summed E-state index contributed by atoms with van der Waals surface area (Å²) in [5, 5.41) is 0.406. The predicted octanol–water partition coefficient (Wildman–Crippen LogP) is 7.10. The highest BCUT2D eigenvalue weighted by molar-refractivity contribution is 6.71. The van der Waals surface area contributed by atoms with Crippen molar-refractivity contribution in [2.24, 2.45) is 0 Å². The molecule has 0 unspecified atom stereocenters. The molecule has 3 aromatic rings.